The summed E-state index contributed by atoms with van der Waals surface area (Å²) < 4.78 is 4.85. The normalized spacial score (nSPS) is 13.7. The molecule has 0 amide bonds. The van der Waals surface area contributed by atoms with Crippen molar-refractivity contribution in [1.82, 2.24) is 0 Å². The van der Waals surface area contributed by atoms with Crippen LogP contribution in [0.2, 0.25) is 10.0 Å². The van der Waals surface area contributed by atoms with Crippen LogP contribution in [0.4, 0.5) is 0 Å². The van der Waals surface area contributed by atoms with Gasteiger partial charge in [0.2, 0.25) is 0 Å². The predicted molar refractivity (Wildman–Crippen MR) is 102 cm³/mol. The molecule has 1 heterocycles. The van der Waals surface area contributed by atoms with Crippen LogP contribution in [-0.2, 0) is 17.6 Å². The second-order valence-corrected chi connectivity index (χ2v) is 7.81. The Morgan fingerprint density at radius 1 is 1.08 bits per heavy atom. The lowest BCUT2D eigenvalue weighted by atomic mass is 10.0. The van der Waals surface area contributed by atoms with Crippen molar-refractivity contribution < 1.29 is 14.3 Å². The second-order valence-electron chi connectivity index (χ2n) is 5.91. The van der Waals surface area contributed by atoms with E-state index >= 15 is 0 Å². The van der Waals surface area contributed by atoms with E-state index in [-0.39, 0.29) is 11.8 Å². The zero-order valence-electron chi connectivity index (χ0n) is 13.8. The van der Waals surface area contributed by atoms with Crippen LogP contribution in [0.3, 0.4) is 0 Å². The Labute approximate surface area is 160 Å². The third-order valence-corrected chi connectivity index (χ3v) is 5.94. The number of halogens is 2. The predicted octanol–water partition coefficient (Wildman–Crippen LogP) is 5.62. The van der Waals surface area contributed by atoms with Gasteiger partial charge in [-0.25, -0.2) is 4.79 Å². The number of methoxy groups -OCH3 is 1. The third kappa shape index (κ3) is 3.66. The molecule has 0 aliphatic heterocycles. The van der Waals surface area contributed by atoms with Crippen molar-refractivity contribution >= 4 is 51.9 Å². The van der Waals surface area contributed by atoms with Crippen LogP contribution in [0.15, 0.2) is 24.3 Å². The number of ether oxygens (including phenoxy) is 1. The molecule has 0 radical (unpaired) electrons. The molecule has 0 unspecified atom stereocenters. The zero-order chi connectivity index (χ0) is 18.1. The van der Waals surface area contributed by atoms with Crippen molar-refractivity contribution in [2.24, 2.45) is 0 Å². The molecule has 0 saturated carbocycles. The molecule has 1 aromatic heterocycles. The van der Waals surface area contributed by atoms with E-state index < -0.39 is 0 Å². The van der Waals surface area contributed by atoms with E-state index in [9.17, 15) is 9.59 Å². The highest BCUT2D eigenvalue weighted by Crippen LogP contribution is 2.37. The van der Waals surface area contributed by atoms with E-state index in [1.807, 2.05) is 6.92 Å². The third-order valence-electron chi connectivity index (χ3n) is 4.23. The smallest absolute Gasteiger partial charge is 0.348 e. The number of thiophene rings is 1. The topological polar surface area (TPSA) is 43.4 Å². The SMILES string of the molecule is COC(=O)c1sc(C(=O)/C=C(/C)c2cc(Cl)cc(Cl)c2)c2c1CCC2. The van der Waals surface area contributed by atoms with Crippen molar-refractivity contribution in [3.63, 3.8) is 0 Å². The molecular formula is C19H16Cl2O3S. The number of ketones is 1. The quantitative estimate of drug-likeness (QED) is 0.384. The minimum atomic E-state index is -0.371. The molecule has 25 heavy (non-hydrogen) atoms. The summed E-state index contributed by atoms with van der Waals surface area (Å²) in [4.78, 5) is 25.9. The van der Waals surface area contributed by atoms with Gasteiger partial charge in [-0.1, -0.05) is 23.2 Å². The van der Waals surface area contributed by atoms with Gasteiger partial charge in [0, 0.05) is 10.0 Å². The number of allylic oxidation sites excluding steroid dienone is 2. The number of esters is 1. The van der Waals surface area contributed by atoms with E-state index in [1.54, 1.807) is 24.3 Å². The first-order valence-corrected chi connectivity index (χ1v) is 9.40. The Kier molecular flexibility index (Phi) is 5.32. The fraction of sp³-hybridized carbons (Fsp3) is 0.263. The number of fused-ring (bicyclic) bond motifs is 1. The molecule has 1 aliphatic rings. The maximum absolute atomic E-state index is 12.8. The highest BCUT2D eigenvalue weighted by atomic mass is 35.5. The Morgan fingerprint density at radius 3 is 2.28 bits per heavy atom. The van der Waals surface area contributed by atoms with Crippen LogP contribution in [0.1, 0.15) is 49.4 Å². The monoisotopic (exact) mass is 394 g/mol. The van der Waals surface area contributed by atoms with Crippen LogP contribution in [-0.4, -0.2) is 18.9 Å². The maximum atomic E-state index is 12.8. The molecule has 130 valence electrons. The van der Waals surface area contributed by atoms with Crippen molar-refractivity contribution in [1.29, 1.82) is 0 Å². The van der Waals surface area contributed by atoms with E-state index in [0.29, 0.717) is 19.8 Å². The molecule has 0 fully saturated rings. The van der Waals surface area contributed by atoms with Crippen LogP contribution in [0, 0.1) is 0 Å². The summed E-state index contributed by atoms with van der Waals surface area (Å²) in [6, 6.07) is 5.19. The van der Waals surface area contributed by atoms with Crippen LogP contribution in [0.5, 0.6) is 0 Å². The summed E-state index contributed by atoms with van der Waals surface area (Å²) in [7, 11) is 1.36. The molecule has 1 aromatic carbocycles. The lowest BCUT2D eigenvalue weighted by Gasteiger charge is -2.04. The number of rotatable bonds is 4. The van der Waals surface area contributed by atoms with Gasteiger partial charge in [-0.05, 0) is 72.7 Å². The largest absolute Gasteiger partial charge is 0.465 e. The molecular weight excluding hydrogens is 379 g/mol. The molecule has 3 nitrogen and oxygen atoms in total. The van der Waals surface area contributed by atoms with Crippen molar-refractivity contribution in [2.75, 3.05) is 7.11 Å². The van der Waals surface area contributed by atoms with Crippen LogP contribution < -0.4 is 0 Å². The lowest BCUT2D eigenvalue weighted by molar-refractivity contribution is 0.0605. The highest BCUT2D eigenvalue weighted by Gasteiger charge is 2.28. The van der Waals surface area contributed by atoms with E-state index in [2.05, 4.69) is 0 Å². The summed E-state index contributed by atoms with van der Waals surface area (Å²) >= 11 is 13.3. The van der Waals surface area contributed by atoms with Crippen molar-refractivity contribution in [3.05, 3.63) is 60.8 Å². The molecule has 2 aromatic rings. The molecule has 6 heteroatoms. The molecule has 0 saturated heterocycles. The Balaban J connectivity index is 1.97. The molecule has 1 aliphatic carbocycles. The number of hydrogen-bond acceptors (Lipinski definition) is 4. The summed E-state index contributed by atoms with van der Waals surface area (Å²) in [6.07, 6.45) is 4.17. The lowest BCUT2D eigenvalue weighted by Crippen LogP contribution is -2.00. The van der Waals surface area contributed by atoms with Gasteiger partial charge in [-0.15, -0.1) is 11.3 Å². The molecule has 0 N–H and O–H groups in total. The van der Waals surface area contributed by atoms with Gasteiger partial charge in [0.1, 0.15) is 4.88 Å². The average Bonchev–Trinajstić information content (AvgIpc) is 3.15. The second kappa shape index (κ2) is 7.32. The number of carbonyl (C=O) groups excluding carboxylic acids is 2. The first kappa shape index (κ1) is 18.2. The summed E-state index contributed by atoms with van der Waals surface area (Å²) in [6.45, 7) is 1.84. The summed E-state index contributed by atoms with van der Waals surface area (Å²) in [5.41, 5.74) is 3.53. The van der Waals surface area contributed by atoms with Gasteiger partial charge in [-0.2, -0.15) is 0 Å². The van der Waals surface area contributed by atoms with Gasteiger partial charge in [0.15, 0.2) is 5.78 Å². The molecule has 0 bridgehead atoms. The van der Waals surface area contributed by atoms with Gasteiger partial charge in [-0.3, -0.25) is 4.79 Å². The summed E-state index contributed by atoms with van der Waals surface area (Å²) in [5, 5.41) is 1.04. The Hall–Kier alpha value is -1.62. The van der Waals surface area contributed by atoms with Gasteiger partial charge in [0.25, 0.3) is 0 Å². The van der Waals surface area contributed by atoms with E-state index in [4.69, 9.17) is 27.9 Å². The van der Waals surface area contributed by atoms with Gasteiger partial charge < -0.3 is 4.74 Å². The zero-order valence-corrected chi connectivity index (χ0v) is 16.1. The minimum Gasteiger partial charge on any atom is -0.465 e. The molecule has 0 atom stereocenters. The summed E-state index contributed by atoms with van der Waals surface area (Å²) in [5.74, 6) is -0.476. The average molecular weight is 395 g/mol. The minimum absolute atomic E-state index is 0.105. The first-order chi connectivity index (χ1) is 11.9. The fourth-order valence-electron chi connectivity index (χ4n) is 3.05. The highest BCUT2D eigenvalue weighted by molar-refractivity contribution is 7.16. The van der Waals surface area contributed by atoms with Crippen LogP contribution in [0.25, 0.3) is 5.57 Å². The van der Waals surface area contributed by atoms with E-state index in [0.717, 1.165) is 41.5 Å². The maximum Gasteiger partial charge on any atom is 0.348 e. The standard InChI is InChI=1S/C19H16Cl2O3S/c1-10(11-7-12(20)9-13(21)8-11)6-16(22)17-14-4-3-5-15(14)18(25-17)19(23)24-2/h6-9H,3-5H2,1-2H3/b10-6-. The number of carbonyl (C=O) groups is 2. The first-order valence-electron chi connectivity index (χ1n) is 7.82. The fourth-order valence-corrected chi connectivity index (χ4v) is 4.81. The molecule has 0 spiro atoms. The van der Waals surface area contributed by atoms with Crippen molar-refractivity contribution in [3.8, 4) is 0 Å². The number of benzene rings is 1. The Morgan fingerprint density at radius 2 is 1.68 bits per heavy atom. The van der Waals surface area contributed by atoms with Crippen LogP contribution >= 0.6 is 34.5 Å². The van der Waals surface area contributed by atoms with Gasteiger partial charge in [0.05, 0.1) is 12.0 Å². The Bertz CT molecular complexity index is 876. The van der Waals surface area contributed by atoms with E-state index in [1.165, 1.54) is 18.4 Å². The van der Waals surface area contributed by atoms with Gasteiger partial charge >= 0.3 is 5.97 Å². The van der Waals surface area contributed by atoms with Crippen molar-refractivity contribution in [2.45, 2.75) is 26.2 Å². The number of hydrogen-bond donors (Lipinski definition) is 0. The molecule has 3 rings (SSSR count).